The summed E-state index contributed by atoms with van der Waals surface area (Å²) >= 11 is 0. The largest absolute Gasteiger partial charge is 0.481 e. The topological polar surface area (TPSA) is 67.6 Å². The van der Waals surface area contributed by atoms with Crippen LogP contribution in [0.3, 0.4) is 0 Å². The molecule has 1 fully saturated rings. The van der Waals surface area contributed by atoms with Gasteiger partial charge in [0.15, 0.2) is 0 Å². The van der Waals surface area contributed by atoms with Gasteiger partial charge in [0.2, 0.25) is 0 Å². The van der Waals surface area contributed by atoms with Gasteiger partial charge in [-0.1, -0.05) is 6.07 Å². The maximum atomic E-state index is 13.4. The third-order valence-corrected chi connectivity index (χ3v) is 5.23. The van der Waals surface area contributed by atoms with Crippen LogP contribution in [0, 0.1) is 11.2 Å². The first-order chi connectivity index (χ1) is 13.0. The first kappa shape index (κ1) is 19.5. The molecule has 0 radical (unpaired) electrons. The molecule has 2 aromatic rings. The van der Waals surface area contributed by atoms with Crippen molar-refractivity contribution in [2.45, 2.75) is 32.2 Å². The van der Waals surface area contributed by atoms with Crippen molar-refractivity contribution >= 4 is 5.97 Å². The van der Waals surface area contributed by atoms with Gasteiger partial charge in [0.1, 0.15) is 5.82 Å². The fourth-order valence-corrected chi connectivity index (χ4v) is 3.86. The van der Waals surface area contributed by atoms with E-state index in [4.69, 9.17) is 4.74 Å². The molecule has 1 aliphatic heterocycles. The fourth-order valence-electron chi connectivity index (χ4n) is 3.86. The number of rotatable bonds is 8. The summed E-state index contributed by atoms with van der Waals surface area (Å²) in [6, 6.07) is 6.28. The van der Waals surface area contributed by atoms with Gasteiger partial charge in [0.05, 0.1) is 17.3 Å². The van der Waals surface area contributed by atoms with E-state index >= 15 is 0 Å². The molecule has 0 saturated carbocycles. The zero-order valence-corrected chi connectivity index (χ0v) is 15.6. The molecule has 146 valence electrons. The van der Waals surface area contributed by atoms with E-state index in [2.05, 4.69) is 10.00 Å². The summed E-state index contributed by atoms with van der Waals surface area (Å²) < 4.78 is 20.1. The van der Waals surface area contributed by atoms with Crippen molar-refractivity contribution in [3.05, 3.63) is 48.0 Å². The van der Waals surface area contributed by atoms with E-state index in [-0.39, 0.29) is 5.82 Å². The normalized spacial score (nSPS) is 20.7. The number of aromatic nitrogens is 2. The van der Waals surface area contributed by atoms with Crippen LogP contribution in [0.1, 0.15) is 31.2 Å². The number of carboxylic acid groups (broad SMARTS) is 1. The summed E-state index contributed by atoms with van der Waals surface area (Å²) in [6.45, 7) is 2.60. The summed E-state index contributed by atoms with van der Waals surface area (Å²) in [4.78, 5) is 14.1. The Bertz CT molecular complexity index is 779. The van der Waals surface area contributed by atoms with Crippen LogP contribution in [0.5, 0.6) is 0 Å². The molecule has 1 saturated heterocycles. The average molecular weight is 375 g/mol. The van der Waals surface area contributed by atoms with Crippen molar-refractivity contribution in [2.24, 2.45) is 5.41 Å². The highest BCUT2D eigenvalue weighted by atomic mass is 19.1. The van der Waals surface area contributed by atoms with Crippen LogP contribution in [-0.2, 0) is 16.1 Å². The Morgan fingerprint density at radius 3 is 3.04 bits per heavy atom. The van der Waals surface area contributed by atoms with Gasteiger partial charge in [-0.2, -0.15) is 5.10 Å². The second kappa shape index (κ2) is 8.63. The molecule has 6 nitrogen and oxygen atoms in total. The molecular weight excluding hydrogens is 349 g/mol. The number of halogens is 1. The summed E-state index contributed by atoms with van der Waals surface area (Å²) in [5.74, 6) is -1.03. The summed E-state index contributed by atoms with van der Waals surface area (Å²) in [5.41, 5.74) is 0.937. The zero-order valence-electron chi connectivity index (χ0n) is 15.6. The maximum Gasteiger partial charge on any atom is 0.310 e. The number of benzene rings is 1. The standard InChI is InChI=1S/C20H26FN3O3/c1-27-10-4-8-20(19(25)26)7-3-9-23(15-20)13-16-12-22-24(14-16)18-6-2-5-17(21)11-18/h2,5-6,11-12,14H,3-4,7-10,13,15H2,1H3,(H,25,26)/t20-/m1/s1. The first-order valence-corrected chi connectivity index (χ1v) is 9.27. The Balaban J connectivity index is 1.67. The van der Waals surface area contributed by atoms with E-state index in [9.17, 15) is 14.3 Å². The molecule has 1 aromatic heterocycles. The van der Waals surface area contributed by atoms with Crippen molar-refractivity contribution in [2.75, 3.05) is 26.8 Å². The third kappa shape index (κ3) is 4.73. The quantitative estimate of drug-likeness (QED) is 0.718. The van der Waals surface area contributed by atoms with Gasteiger partial charge in [-0.15, -0.1) is 0 Å². The number of hydrogen-bond acceptors (Lipinski definition) is 4. The SMILES string of the molecule is COCCC[C@]1(C(=O)O)CCCN(Cc2cnn(-c3cccc(F)c3)c2)C1. The highest BCUT2D eigenvalue weighted by Crippen LogP contribution is 2.35. The number of hydrogen-bond donors (Lipinski definition) is 1. The first-order valence-electron chi connectivity index (χ1n) is 9.27. The van der Waals surface area contributed by atoms with Crippen LogP contribution < -0.4 is 0 Å². The molecule has 1 N–H and O–H groups in total. The smallest absolute Gasteiger partial charge is 0.310 e. The highest BCUT2D eigenvalue weighted by Gasteiger charge is 2.41. The second-order valence-corrected chi connectivity index (χ2v) is 7.27. The molecular formula is C20H26FN3O3. The van der Waals surface area contributed by atoms with E-state index in [1.807, 2.05) is 6.20 Å². The molecule has 1 aromatic carbocycles. The lowest BCUT2D eigenvalue weighted by atomic mass is 9.76. The molecule has 1 aliphatic rings. The zero-order chi connectivity index (χ0) is 19.3. The van der Waals surface area contributed by atoms with E-state index in [0.717, 1.165) is 24.9 Å². The lowest BCUT2D eigenvalue weighted by Crippen LogP contribution is -2.47. The molecule has 0 spiro atoms. The molecule has 27 heavy (non-hydrogen) atoms. The monoisotopic (exact) mass is 375 g/mol. The van der Waals surface area contributed by atoms with E-state index in [1.54, 1.807) is 30.1 Å². The van der Waals surface area contributed by atoms with Crippen LogP contribution in [0.4, 0.5) is 4.39 Å². The third-order valence-electron chi connectivity index (χ3n) is 5.23. The van der Waals surface area contributed by atoms with Gasteiger partial charge < -0.3 is 9.84 Å². The number of carbonyl (C=O) groups is 1. The molecule has 2 heterocycles. The molecule has 1 atom stereocenters. The van der Waals surface area contributed by atoms with Crippen LogP contribution in [-0.4, -0.2) is 52.6 Å². The lowest BCUT2D eigenvalue weighted by Gasteiger charge is -2.40. The van der Waals surface area contributed by atoms with Gasteiger partial charge in [-0.25, -0.2) is 9.07 Å². The number of aliphatic carboxylic acids is 1. The summed E-state index contributed by atoms with van der Waals surface area (Å²) in [5, 5.41) is 14.1. The van der Waals surface area contributed by atoms with Crippen molar-refractivity contribution in [3.8, 4) is 5.69 Å². The molecule has 0 aliphatic carbocycles. The fraction of sp³-hybridized carbons (Fsp3) is 0.500. The molecule has 3 rings (SSSR count). The number of nitrogens with zero attached hydrogens (tertiary/aromatic N) is 3. The van der Waals surface area contributed by atoms with Gasteiger partial charge in [0, 0.05) is 38.6 Å². The Labute approximate surface area is 158 Å². The van der Waals surface area contributed by atoms with Crippen LogP contribution in [0.25, 0.3) is 5.69 Å². The Morgan fingerprint density at radius 2 is 2.30 bits per heavy atom. The lowest BCUT2D eigenvalue weighted by molar-refractivity contribution is -0.153. The summed E-state index contributed by atoms with van der Waals surface area (Å²) in [7, 11) is 1.64. The van der Waals surface area contributed by atoms with Crippen LogP contribution >= 0.6 is 0 Å². The second-order valence-electron chi connectivity index (χ2n) is 7.27. The molecule has 0 unspecified atom stereocenters. The van der Waals surface area contributed by atoms with Crippen molar-refractivity contribution in [3.63, 3.8) is 0 Å². The molecule has 0 bridgehead atoms. The van der Waals surface area contributed by atoms with E-state index in [1.165, 1.54) is 12.1 Å². The van der Waals surface area contributed by atoms with Gasteiger partial charge in [0.25, 0.3) is 0 Å². The Morgan fingerprint density at radius 1 is 1.44 bits per heavy atom. The predicted octanol–water partition coefficient (Wildman–Crippen LogP) is 3.10. The number of likely N-dealkylation sites (tertiary alicyclic amines) is 1. The van der Waals surface area contributed by atoms with Crippen molar-refractivity contribution in [1.29, 1.82) is 0 Å². The van der Waals surface area contributed by atoms with Crippen molar-refractivity contribution in [1.82, 2.24) is 14.7 Å². The minimum Gasteiger partial charge on any atom is -0.481 e. The van der Waals surface area contributed by atoms with Crippen LogP contribution in [0.2, 0.25) is 0 Å². The maximum absolute atomic E-state index is 13.4. The minimum absolute atomic E-state index is 0.303. The van der Waals surface area contributed by atoms with E-state index < -0.39 is 11.4 Å². The Hall–Kier alpha value is -2.25. The van der Waals surface area contributed by atoms with E-state index in [0.29, 0.717) is 38.2 Å². The minimum atomic E-state index is -0.723. The number of methoxy groups -OCH3 is 1. The average Bonchev–Trinajstić information content (AvgIpc) is 3.11. The van der Waals surface area contributed by atoms with Gasteiger partial charge >= 0.3 is 5.97 Å². The Kier molecular flexibility index (Phi) is 6.23. The van der Waals surface area contributed by atoms with Crippen LogP contribution in [0.15, 0.2) is 36.7 Å². The van der Waals surface area contributed by atoms with Gasteiger partial charge in [-0.05, 0) is 50.4 Å². The number of piperidine rings is 1. The highest BCUT2D eigenvalue weighted by molar-refractivity contribution is 5.75. The molecule has 7 heteroatoms. The summed E-state index contributed by atoms with van der Waals surface area (Å²) in [6.07, 6.45) is 6.55. The van der Waals surface area contributed by atoms with Crippen molar-refractivity contribution < 1.29 is 19.0 Å². The predicted molar refractivity (Wildman–Crippen MR) is 99.2 cm³/mol. The molecule has 0 amide bonds. The number of carboxylic acids is 1. The number of ether oxygens (including phenoxy) is 1. The van der Waals surface area contributed by atoms with Gasteiger partial charge in [-0.3, -0.25) is 9.69 Å².